The normalized spacial score (nSPS) is 28.6. The van der Waals surface area contributed by atoms with Gasteiger partial charge in [0, 0.05) is 12.0 Å². The van der Waals surface area contributed by atoms with Crippen molar-refractivity contribution < 1.29 is 9.21 Å². The van der Waals surface area contributed by atoms with Gasteiger partial charge in [-0.25, -0.2) is 4.98 Å². The minimum atomic E-state index is -0.0263. The Kier molecular flexibility index (Phi) is 2.11. The molecule has 1 atom stereocenters. The maximum Gasteiger partial charge on any atom is 0.273 e. The second-order valence-electron chi connectivity index (χ2n) is 6.12. The van der Waals surface area contributed by atoms with E-state index in [4.69, 9.17) is 4.42 Å². The highest BCUT2D eigenvalue weighted by molar-refractivity contribution is 5.93. The van der Waals surface area contributed by atoms with E-state index in [9.17, 15) is 4.79 Å². The standard InChI is InChI=1S/C14H18N2O2/c17-13(11-12(9-2-3-9)18-8-15-11)16-10-4-7-14(10)5-1-6-14/h8-10H,1-7H2,(H,16,17). The fourth-order valence-corrected chi connectivity index (χ4v) is 3.44. The Balaban J connectivity index is 1.48. The first-order valence-corrected chi connectivity index (χ1v) is 7.03. The van der Waals surface area contributed by atoms with Gasteiger partial charge in [-0.05, 0) is 43.9 Å². The molecule has 3 saturated carbocycles. The smallest absolute Gasteiger partial charge is 0.273 e. The van der Waals surface area contributed by atoms with Crippen LogP contribution < -0.4 is 5.32 Å². The summed E-state index contributed by atoms with van der Waals surface area (Å²) in [6, 6.07) is 0.377. The van der Waals surface area contributed by atoms with Crippen molar-refractivity contribution in [1.29, 1.82) is 0 Å². The van der Waals surface area contributed by atoms with E-state index in [1.807, 2.05) is 0 Å². The first-order chi connectivity index (χ1) is 8.78. The van der Waals surface area contributed by atoms with Crippen molar-refractivity contribution in [3.8, 4) is 0 Å². The van der Waals surface area contributed by atoms with Crippen LogP contribution in [-0.2, 0) is 0 Å². The van der Waals surface area contributed by atoms with Crippen LogP contribution in [-0.4, -0.2) is 16.9 Å². The molecule has 1 heterocycles. The van der Waals surface area contributed by atoms with E-state index < -0.39 is 0 Å². The Labute approximate surface area is 106 Å². The molecule has 1 unspecified atom stereocenters. The van der Waals surface area contributed by atoms with Gasteiger partial charge in [-0.1, -0.05) is 6.42 Å². The van der Waals surface area contributed by atoms with Crippen molar-refractivity contribution in [2.45, 2.75) is 56.9 Å². The molecule has 0 aliphatic heterocycles. The van der Waals surface area contributed by atoms with Crippen LogP contribution in [0, 0.1) is 5.41 Å². The summed E-state index contributed by atoms with van der Waals surface area (Å²) < 4.78 is 5.36. The lowest BCUT2D eigenvalue weighted by atomic mass is 9.53. The third-order valence-corrected chi connectivity index (χ3v) is 5.08. The Morgan fingerprint density at radius 1 is 1.33 bits per heavy atom. The van der Waals surface area contributed by atoms with Crippen molar-refractivity contribution in [3.63, 3.8) is 0 Å². The van der Waals surface area contributed by atoms with Crippen LogP contribution in [0.5, 0.6) is 0 Å². The molecule has 1 amide bonds. The van der Waals surface area contributed by atoms with E-state index in [1.165, 1.54) is 32.1 Å². The van der Waals surface area contributed by atoms with Crippen molar-refractivity contribution >= 4 is 5.91 Å². The van der Waals surface area contributed by atoms with Crippen molar-refractivity contribution in [2.24, 2.45) is 5.41 Å². The number of oxazole rings is 1. The number of rotatable bonds is 3. The summed E-state index contributed by atoms with van der Waals surface area (Å²) >= 11 is 0. The molecule has 1 aromatic heterocycles. The summed E-state index contributed by atoms with van der Waals surface area (Å²) in [6.45, 7) is 0. The summed E-state index contributed by atoms with van der Waals surface area (Å²) in [5.74, 6) is 1.21. The number of carbonyl (C=O) groups excluding carboxylic acids is 1. The summed E-state index contributed by atoms with van der Waals surface area (Å²) in [5.41, 5.74) is 0.970. The molecule has 96 valence electrons. The lowest BCUT2D eigenvalue weighted by Gasteiger charge is -2.56. The lowest BCUT2D eigenvalue weighted by Crippen LogP contribution is -2.58. The van der Waals surface area contributed by atoms with Gasteiger partial charge in [-0.2, -0.15) is 0 Å². The molecule has 3 aliphatic rings. The van der Waals surface area contributed by atoms with Gasteiger partial charge < -0.3 is 9.73 Å². The number of amides is 1. The van der Waals surface area contributed by atoms with Crippen LogP contribution in [0.3, 0.4) is 0 Å². The van der Waals surface area contributed by atoms with E-state index >= 15 is 0 Å². The Bertz CT molecular complexity index is 480. The molecule has 3 fully saturated rings. The SMILES string of the molecule is O=C(NC1CCC12CCC2)c1ncoc1C1CC1. The number of carbonyl (C=O) groups is 1. The molecule has 0 bridgehead atoms. The Hall–Kier alpha value is -1.32. The Morgan fingerprint density at radius 2 is 2.17 bits per heavy atom. The van der Waals surface area contributed by atoms with Gasteiger partial charge in [0.2, 0.25) is 0 Å². The highest BCUT2D eigenvalue weighted by atomic mass is 16.3. The minimum Gasteiger partial charge on any atom is -0.447 e. The number of nitrogens with one attached hydrogen (secondary N) is 1. The maximum atomic E-state index is 12.3. The molecule has 1 spiro atoms. The van der Waals surface area contributed by atoms with E-state index in [-0.39, 0.29) is 5.91 Å². The first-order valence-electron chi connectivity index (χ1n) is 7.03. The van der Waals surface area contributed by atoms with Crippen LogP contribution in [0.1, 0.15) is 67.1 Å². The molecule has 0 saturated heterocycles. The molecule has 3 aliphatic carbocycles. The summed E-state index contributed by atoms with van der Waals surface area (Å²) in [5, 5.41) is 3.17. The zero-order valence-corrected chi connectivity index (χ0v) is 10.4. The van der Waals surface area contributed by atoms with E-state index in [1.54, 1.807) is 0 Å². The average molecular weight is 246 g/mol. The van der Waals surface area contributed by atoms with Crippen LogP contribution in [0.2, 0.25) is 0 Å². The largest absolute Gasteiger partial charge is 0.447 e. The third kappa shape index (κ3) is 1.44. The number of hydrogen-bond donors (Lipinski definition) is 1. The van der Waals surface area contributed by atoms with Crippen LogP contribution >= 0.6 is 0 Å². The van der Waals surface area contributed by atoms with Gasteiger partial charge in [-0.3, -0.25) is 4.79 Å². The zero-order valence-electron chi connectivity index (χ0n) is 10.4. The van der Waals surface area contributed by atoms with Gasteiger partial charge in [0.15, 0.2) is 12.1 Å². The lowest BCUT2D eigenvalue weighted by molar-refractivity contribution is -0.0148. The highest BCUT2D eigenvalue weighted by Gasteiger charge is 2.51. The second kappa shape index (κ2) is 3.59. The van der Waals surface area contributed by atoms with Gasteiger partial charge in [0.1, 0.15) is 5.76 Å². The average Bonchev–Trinajstić information content (AvgIpc) is 3.00. The molecule has 1 aromatic rings. The molecule has 4 nitrogen and oxygen atoms in total. The van der Waals surface area contributed by atoms with Crippen LogP contribution in [0.15, 0.2) is 10.8 Å². The van der Waals surface area contributed by atoms with Crippen LogP contribution in [0.25, 0.3) is 0 Å². The maximum absolute atomic E-state index is 12.3. The molecular formula is C14H18N2O2. The molecule has 18 heavy (non-hydrogen) atoms. The van der Waals surface area contributed by atoms with Gasteiger partial charge in [0.05, 0.1) is 0 Å². The van der Waals surface area contributed by atoms with Crippen molar-refractivity contribution in [2.75, 3.05) is 0 Å². The van der Waals surface area contributed by atoms with Crippen molar-refractivity contribution in [1.82, 2.24) is 10.3 Å². The topological polar surface area (TPSA) is 55.1 Å². The van der Waals surface area contributed by atoms with Crippen molar-refractivity contribution in [3.05, 3.63) is 17.8 Å². The van der Waals surface area contributed by atoms with Gasteiger partial charge in [0.25, 0.3) is 5.91 Å². The molecule has 0 aromatic carbocycles. The molecule has 4 rings (SSSR count). The predicted octanol–water partition coefficient (Wildman–Crippen LogP) is 2.61. The molecule has 4 heteroatoms. The van der Waals surface area contributed by atoms with E-state index in [0.717, 1.165) is 25.0 Å². The monoisotopic (exact) mass is 246 g/mol. The molecule has 1 N–H and O–H groups in total. The first kappa shape index (κ1) is 10.6. The van der Waals surface area contributed by atoms with Crippen LogP contribution in [0.4, 0.5) is 0 Å². The fraction of sp³-hybridized carbons (Fsp3) is 0.714. The second-order valence-corrected chi connectivity index (χ2v) is 6.12. The summed E-state index contributed by atoms with van der Waals surface area (Å²) in [7, 11) is 0. The number of hydrogen-bond acceptors (Lipinski definition) is 3. The van der Waals surface area contributed by atoms with Gasteiger partial charge in [-0.15, -0.1) is 0 Å². The quantitative estimate of drug-likeness (QED) is 0.892. The Morgan fingerprint density at radius 3 is 2.72 bits per heavy atom. The van der Waals surface area contributed by atoms with E-state index in [2.05, 4.69) is 10.3 Å². The minimum absolute atomic E-state index is 0.0263. The third-order valence-electron chi connectivity index (χ3n) is 5.08. The van der Waals surface area contributed by atoms with Gasteiger partial charge >= 0.3 is 0 Å². The molecule has 0 radical (unpaired) electrons. The highest BCUT2D eigenvalue weighted by Crippen LogP contribution is 2.55. The summed E-state index contributed by atoms with van der Waals surface area (Å²) in [4.78, 5) is 16.4. The molecular weight excluding hydrogens is 228 g/mol. The summed E-state index contributed by atoms with van der Waals surface area (Å²) in [6.07, 6.45) is 9.96. The number of aromatic nitrogens is 1. The fourth-order valence-electron chi connectivity index (χ4n) is 3.44. The zero-order chi connectivity index (χ0) is 12.2. The number of nitrogens with zero attached hydrogens (tertiary/aromatic N) is 1. The predicted molar refractivity (Wildman–Crippen MR) is 65.3 cm³/mol. The van der Waals surface area contributed by atoms with E-state index in [0.29, 0.717) is 23.1 Å².